The highest BCUT2D eigenvalue weighted by Crippen LogP contribution is 2.31. The van der Waals surface area contributed by atoms with Crippen molar-refractivity contribution in [3.8, 4) is 22.5 Å². The molecule has 1 heterocycles. The van der Waals surface area contributed by atoms with Gasteiger partial charge < -0.3 is 10.1 Å². The van der Waals surface area contributed by atoms with Crippen LogP contribution in [0.3, 0.4) is 0 Å². The molecule has 0 fully saturated rings. The van der Waals surface area contributed by atoms with Gasteiger partial charge in [-0.05, 0) is 76.1 Å². The predicted octanol–water partition coefficient (Wildman–Crippen LogP) is 7.38. The third kappa shape index (κ3) is 5.76. The molecule has 200 valence electrons. The highest BCUT2D eigenvalue weighted by atomic mass is 16.5. The van der Waals surface area contributed by atoms with Gasteiger partial charge in [-0.25, -0.2) is 14.8 Å². The molecule has 0 bridgehead atoms. The third-order valence-corrected chi connectivity index (χ3v) is 6.98. The average Bonchev–Trinajstić information content (AvgIpc) is 2.95. The molecule has 1 aromatic heterocycles. The van der Waals surface area contributed by atoms with Crippen LogP contribution in [-0.4, -0.2) is 27.9 Å². The number of rotatable bonds is 6. The number of amides is 1. The van der Waals surface area contributed by atoms with Crippen LogP contribution in [0.25, 0.3) is 33.5 Å². The van der Waals surface area contributed by atoms with Crippen molar-refractivity contribution in [3.05, 3.63) is 113 Å². The van der Waals surface area contributed by atoms with Gasteiger partial charge in [0.25, 0.3) is 5.91 Å². The minimum absolute atomic E-state index is 0.297. The van der Waals surface area contributed by atoms with Crippen LogP contribution in [-0.2, 0) is 9.53 Å². The summed E-state index contributed by atoms with van der Waals surface area (Å²) in [6.07, 6.45) is -0.983. The van der Waals surface area contributed by atoms with E-state index in [1.807, 2.05) is 82.3 Å². The summed E-state index contributed by atoms with van der Waals surface area (Å²) in [7, 11) is 0. The molecule has 1 atom stereocenters. The molecule has 0 aliphatic rings. The fourth-order valence-corrected chi connectivity index (χ4v) is 4.35. The number of esters is 1. The summed E-state index contributed by atoms with van der Waals surface area (Å²) in [6, 6.07) is 27.0. The minimum Gasteiger partial charge on any atom is -0.449 e. The molecular weight excluding hydrogens is 498 g/mol. The number of anilines is 1. The van der Waals surface area contributed by atoms with Gasteiger partial charge >= 0.3 is 5.97 Å². The zero-order chi connectivity index (χ0) is 28.4. The van der Waals surface area contributed by atoms with Crippen molar-refractivity contribution >= 4 is 28.6 Å². The van der Waals surface area contributed by atoms with E-state index in [-0.39, 0.29) is 0 Å². The molecule has 6 nitrogen and oxygen atoms in total. The minimum atomic E-state index is -0.983. The first-order valence-corrected chi connectivity index (χ1v) is 13.2. The summed E-state index contributed by atoms with van der Waals surface area (Å²) in [5.74, 6) is -1.01. The van der Waals surface area contributed by atoms with Crippen LogP contribution < -0.4 is 5.32 Å². The maximum absolute atomic E-state index is 13.0. The van der Waals surface area contributed by atoms with Crippen molar-refractivity contribution in [2.45, 2.75) is 40.7 Å². The highest BCUT2D eigenvalue weighted by Gasteiger charge is 2.21. The van der Waals surface area contributed by atoms with Gasteiger partial charge in [-0.3, -0.25) is 4.79 Å². The van der Waals surface area contributed by atoms with E-state index in [0.29, 0.717) is 22.3 Å². The van der Waals surface area contributed by atoms with Gasteiger partial charge in [-0.1, -0.05) is 65.7 Å². The molecule has 40 heavy (non-hydrogen) atoms. The lowest BCUT2D eigenvalue weighted by Crippen LogP contribution is -2.30. The number of ether oxygens (including phenoxy) is 1. The molecular formula is C34H31N3O3. The summed E-state index contributed by atoms with van der Waals surface area (Å²) >= 11 is 0. The number of benzene rings is 4. The molecule has 0 spiro atoms. The quantitative estimate of drug-likeness (QED) is 0.232. The van der Waals surface area contributed by atoms with Crippen LogP contribution in [0.1, 0.15) is 39.5 Å². The molecule has 1 unspecified atom stereocenters. The molecule has 5 rings (SSSR count). The van der Waals surface area contributed by atoms with E-state index in [1.165, 1.54) is 0 Å². The van der Waals surface area contributed by atoms with Crippen LogP contribution in [0.5, 0.6) is 0 Å². The largest absolute Gasteiger partial charge is 0.449 e. The average molecular weight is 530 g/mol. The van der Waals surface area contributed by atoms with Crippen LogP contribution in [0.2, 0.25) is 0 Å². The van der Waals surface area contributed by atoms with E-state index in [2.05, 4.69) is 17.4 Å². The second-order valence-electron chi connectivity index (χ2n) is 10.2. The fraction of sp³-hybridized carbons (Fsp3) is 0.176. The van der Waals surface area contributed by atoms with E-state index in [4.69, 9.17) is 14.7 Å². The van der Waals surface area contributed by atoms with E-state index in [0.717, 1.165) is 44.8 Å². The second-order valence-corrected chi connectivity index (χ2v) is 10.2. The number of hydrogen-bond acceptors (Lipinski definition) is 5. The van der Waals surface area contributed by atoms with Crippen LogP contribution in [0.15, 0.2) is 84.9 Å². The molecule has 1 amide bonds. The second kappa shape index (κ2) is 11.1. The Morgan fingerprint density at radius 3 is 1.82 bits per heavy atom. The van der Waals surface area contributed by atoms with Gasteiger partial charge in [-0.15, -0.1) is 0 Å². The molecule has 0 radical (unpaired) electrons. The maximum Gasteiger partial charge on any atom is 0.338 e. The number of carbonyl (C=O) groups is 2. The molecule has 6 heteroatoms. The first-order chi connectivity index (χ1) is 19.2. The Morgan fingerprint density at radius 1 is 0.675 bits per heavy atom. The van der Waals surface area contributed by atoms with Crippen LogP contribution in [0, 0.1) is 27.7 Å². The standard InChI is InChI=1S/C34H31N3O3/c1-20-6-11-25(12-7-20)31-32(26-13-8-21(2)9-14-26)37-30-19-27(15-17-29(30)36-31)34(39)40-24(5)33(38)35-28-16-10-22(3)23(4)18-28/h6-19,24H,1-5H3,(H,35,38). The van der Waals surface area contributed by atoms with Gasteiger partial charge in [0.1, 0.15) is 0 Å². The molecule has 4 aromatic carbocycles. The molecule has 0 saturated heterocycles. The summed E-state index contributed by atoms with van der Waals surface area (Å²) in [5.41, 5.74) is 10.1. The third-order valence-electron chi connectivity index (χ3n) is 6.98. The molecule has 1 N–H and O–H groups in total. The van der Waals surface area contributed by atoms with Gasteiger partial charge in [0, 0.05) is 16.8 Å². The summed E-state index contributed by atoms with van der Waals surface area (Å²) in [6.45, 7) is 9.62. The molecule has 0 aliphatic carbocycles. The molecule has 0 saturated carbocycles. The van der Waals surface area contributed by atoms with Gasteiger partial charge in [0.05, 0.1) is 28.0 Å². The lowest BCUT2D eigenvalue weighted by Gasteiger charge is -2.15. The number of aryl methyl sites for hydroxylation is 4. The van der Waals surface area contributed by atoms with Crippen molar-refractivity contribution in [3.63, 3.8) is 0 Å². The number of aromatic nitrogens is 2. The Morgan fingerprint density at radius 2 is 1.25 bits per heavy atom. The summed E-state index contributed by atoms with van der Waals surface area (Å²) in [5, 5.41) is 2.81. The van der Waals surface area contributed by atoms with Crippen molar-refractivity contribution in [1.29, 1.82) is 0 Å². The van der Waals surface area contributed by atoms with Crippen molar-refractivity contribution in [2.24, 2.45) is 0 Å². The number of nitrogens with zero attached hydrogens (tertiary/aromatic N) is 2. The smallest absolute Gasteiger partial charge is 0.338 e. The number of hydrogen-bond donors (Lipinski definition) is 1. The topological polar surface area (TPSA) is 81.2 Å². The Bertz CT molecular complexity index is 1730. The number of fused-ring (bicyclic) bond motifs is 1. The van der Waals surface area contributed by atoms with E-state index in [1.54, 1.807) is 25.1 Å². The predicted molar refractivity (Wildman–Crippen MR) is 159 cm³/mol. The first kappa shape index (κ1) is 26.8. The Kier molecular flexibility index (Phi) is 7.43. The summed E-state index contributed by atoms with van der Waals surface area (Å²) < 4.78 is 5.51. The molecule has 0 aliphatic heterocycles. The Balaban J connectivity index is 1.43. The van der Waals surface area contributed by atoms with Crippen molar-refractivity contribution in [1.82, 2.24) is 9.97 Å². The lowest BCUT2D eigenvalue weighted by molar-refractivity contribution is -0.123. The Labute approximate surface area is 234 Å². The molecule has 5 aromatic rings. The highest BCUT2D eigenvalue weighted by molar-refractivity contribution is 5.99. The fourth-order valence-electron chi connectivity index (χ4n) is 4.35. The first-order valence-electron chi connectivity index (χ1n) is 13.2. The van der Waals surface area contributed by atoms with Crippen LogP contribution in [0.4, 0.5) is 5.69 Å². The van der Waals surface area contributed by atoms with E-state index < -0.39 is 18.0 Å². The summed E-state index contributed by atoms with van der Waals surface area (Å²) in [4.78, 5) is 35.6. The van der Waals surface area contributed by atoms with Gasteiger partial charge in [0.2, 0.25) is 0 Å². The van der Waals surface area contributed by atoms with Gasteiger partial charge in [0.15, 0.2) is 6.10 Å². The van der Waals surface area contributed by atoms with Gasteiger partial charge in [-0.2, -0.15) is 0 Å². The van der Waals surface area contributed by atoms with E-state index >= 15 is 0 Å². The zero-order valence-corrected chi connectivity index (χ0v) is 23.3. The maximum atomic E-state index is 13.0. The van der Waals surface area contributed by atoms with Crippen molar-refractivity contribution < 1.29 is 14.3 Å². The Hall–Kier alpha value is -4.84. The SMILES string of the molecule is Cc1ccc(-c2nc3ccc(C(=O)OC(C)C(=O)Nc4ccc(C)c(C)c4)cc3nc2-c2ccc(C)cc2)cc1. The van der Waals surface area contributed by atoms with Crippen molar-refractivity contribution in [2.75, 3.05) is 5.32 Å². The lowest BCUT2D eigenvalue weighted by atomic mass is 10.0. The van der Waals surface area contributed by atoms with E-state index in [9.17, 15) is 9.59 Å². The normalized spacial score (nSPS) is 11.7. The number of carbonyl (C=O) groups excluding carboxylic acids is 2. The zero-order valence-electron chi connectivity index (χ0n) is 23.3. The monoisotopic (exact) mass is 529 g/mol. The number of nitrogens with one attached hydrogen (secondary N) is 1. The van der Waals surface area contributed by atoms with Crippen LogP contribution >= 0.6 is 0 Å².